The van der Waals surface area contributed by atoms with Crippen molar-refractivity contribution in [2.45, 2.75) is 32.1 Å². The first-order valence-corrected chi connectivity index (χ1v) is 10.3. The molecule has 0 saturated carbocycles. The van der Waals surface area contributed by atoms with Gasteiger partial charge in [0.15, 0.2) is 0 Å². The van der Waals surface area contributed by atoms with E-state index in [0.29, 0.717) is 5.41 Å². The van der Waals surface area contributed by atoms with E-state index in [1.165, 1.54) is 44.0 Å². The molecule has 4 rings (SSSR count). The van der Waals surface area contributed by atoms with Crippen molar-refractivity contribution in [2.75, 3.05) is 37.6 Å². The van der Waals surface area contributed by atoms with Gasteiger partial charge in [0, 0.05) is 25.0 Å². The molecule has 2 saturated heterocycles. The number of carbonyl (C=O) groups excluding carboxylic acids is 1. The minimum absolute atomic E-state index is 0.240. The van der Waals surface area contributed by atoms with E-state index < -0.39 is 5.91 Å². The summed E-state index contributed by atoms with van der Waals surface area (Å²) >= 11 is 0. The molecule has 0 bridgehead atoms. The molecule has 0 radical (unpaired) electrons. The van der Waals surface area contributed by atoms with Gasteiger partial charge in [-0.25, -0.2) is 4.98 Å². The van der Waals surface area contributed by atoms with Gasteiger partial charge in [-0.05, 0) is 50.8 Å². The van der Waals surface area contributed by atoms with E-state index in [2.05, 4.69) is 50.1 Å². The summed E-state index contributed by atoms with van der Waals surface area (Å²) in [5, 5.41) is 0. The summed E-state index contributed by atoms with van der Waals surface area (Å²) in [6.45, 7) is 5.47. The highest BCUT2D eigenvalue weighted by Crippen LogP contribution is 2.40. The number of hydrogen-bond donors (Lipinski definition) is 1. The van der Waals surface area contributed by atoms with E-state index >= 15 is 0 Å². The lowest BCUT2D eigenvalue weighted by molar-refractivity contribution is 0.0995. The molecular formula is C22H29N5O. The number of carbonyl (C=O) groups is 1. The average molecular weight is 380 g/mol. The summed E-state index contributed by atoms with van der Waals surface area (Å²) in [7, 11) is 0. The lowest BCUT2D eigenvalue weighted by atomic mass is 9.79. The zero-order chi connectivity index (χ0) is 19.4. The Hall–Kier alpha value is -2.47. The minimum Gasteiger partial charge on any atom is -0.364 e. The van der Waals surface area contributed by atoms with E-state index in [4.69, 9.17) is 5.73 Å². The number of nitrogens with two attached hydrogens (primary N) is 1. The maximum Gasteiger partial charge on any atom is 0.268 e. The van der Waals surface area contributed by atoms with Crippen LogP contribution in [0.4, 0.5) is 5.82 Å². The lowest BCUT2D eigenvalue weighted by Crippen LogP contribution is -2.45. The Kier molecular flexibility index (Phi) is 5.57. The highest BCUT2D eigenvalue weighted by molar-refractivity contribution is 5.90. The van der Waals surface area contributed by atoms with Crippen LogP contribution in [-0.2, 0) is 6.42 Å². The molecule has 3 heterocycles. The van der Waals surface area contributed by atoms with Crippen LogP contribution in [0.1, 0.15) is 41.7 Å². The second-order valence-electron chi connectivity index (χ2n) is 8.27. The van der Waals surface area contributed by atoms with Gasteiger partial charge in [0.05, 0.1) is 12.4 Å². The molecule has 28 heavy (non-hydrogen) atoms. The zero-order valence-electron chi connectivity index (χ0n) is 16.4. The van der Waals surface area contributed by atoms with E-state index in [1.807, 2.05) is 0 Å². The van der Waals surface area contributed by atoms with E-state index in [0.717, 1.165) is 38.4 Å². The Morgan fingerprint density at radius 2 is 1.96 bits per heavy atom. The number of aromatic nitrogens is 2. The van der Waals surface area contributed by atoms with E-state index in [1.54, 1.807) is 6.20 Å². The third-order valence-corrected chi connectivity index (χ3v) is 6.16. The SMILES string of the molecule is NC(=O)c1cncc(N2CC[C@@]3(CCCN(CCCc4ccccc4)C3)C2)n1. The second kappa shape index (κ2) is 8.27. The molecule has 2 aliphatic heterocycles. The number of anilines is 1. The monoisotopic (exact) mass is 379 g/mol. The number of likely N-dealkylation sites (tertiary alicyclic amines) is 1. The molecule has 2 fully saturated rings. The van der Waals surface area contributed by atoms with Crippen LogP contribution in [0.3, 0.4) is 0 Å². The highest BCUT2D eigenvalue weighted by Gasteiger charge is 2.41. The van der Waals surface area contributed by atoms with Gasteiger partial charge >= 0.3 is 0 Å². The molecule has 2 aromatic rings. The third kappa shape index (κ3) is 4.33. The predicted molar refractivity (Wildman–Crippen MR) is 110 cm³/mol. The Morgan fingerprint density at radius 1 is 1.11 bits per heavy atom. The largest absolute Gasteiger partial charge is 0.364 e. The fourth-order valence-corrected chi connectivity index (χ4v) is 4.74. The van der Waals surface area contributed by atoms with Gasteiger partial charge in [-0.2, -0.15) is 0 Å². The van der Waals surface area contributed by atoms with Crippen molar-refractivity contribution in [1.29, 1.82) is 0 Å². The number of hydrogen-bond acceptors (Lipinski definition) is 5. The van der Waals surface area contributed by atoms with Crippen LogP contribution in [0.5, 0.6) is 0 Å². The van der Waals surface area contributed by atoms with Crippen LogP contribution < -0.4 is 10.6 Å². The zero-order valence-corrected chi connectivity index (χ0v) is 16.4. The molecule has 1 spiro atoms. The van der Waals surface area contributed by atoms with Crippen LogP contribution in [0.25, 0.3) is 0 Å². The van der Waals surface area contributed by atoms with Crippen molar-refractivity contribution in [3.8, 4) is 0 Å². The summed E-state index contributed by atoms with van der Waals surface area (Å²) in [5.41, 5.74) is 7.35. The van der Waals surface area contributed by atoms with Crippen molar-refractivity contribution in [1.82, 2.24) is 14.9 Å². The molecule has 148 valence electrons. The van der Waals surface area contributed by atoms with Crippen molar-refractivity contribution >= 4 is 11.7 Å². The van der Waals surface area contributed by atoms with Crippen LogP contribution >= 0.6 is 0 Å². The molecule has 1 aromatic carbocycles. The topological polar surface area (TPSA) is 75.4 Å². The van der Waals surface area contributed by atoms with Crippen molar-refractivity contribution < 1.29 is 4.79 Å². The number of nitrogens with zero attached hydrogens (tertiary/aromatic N) is 4. The van der Waals surface area contributed by atoms with Gasteiger partial charge in [0.1, 0.15) is 11.5 Å². The highest BCUT2D eigenvalue weighted by atomic mass is 16.1. The number of amides is 1. The van der Waals surface area contributed by atoms with Crippen LogP contribution in [0, 0.1) is 5.41 Å². The Bertz CT molecular complexity index is 812. The predicted octanol–water partition coefficient (Wildman–Crippen LogP) is 2.50. The summed E-state index contributed by atoms with van der Waals surface area (Å²) in [4.78, 5) is 24.9. The summed E-state index contributed by atoms with van der Waals surface area (Å²) in [5.74, 6) is 0.250. The third-order valence-electron chi connectivity index (χ3n) is 6.16. The molecule has 6 heteroatoms. The molecule has 2 N–H and O–H groups in total. The number of rotatable bonds is 6. The van der Waals surface area contributed by atoms with Gasteiger partial charge in [-0.1, -0.05) is 30.3 Å². The quantitative estimate of drug-likeness (QED) is 0.835. The standard InChI is InChI=1S/C22H29N5O/c23-21(28)19-14-24-15-20(25-19)27-13-10-22(17-27)9-5-12-26(16-22)11-4-8-18-6-2-1-3-7-18/h1-3,6-7,14-15H,4-5,8-13,16-17H2,(H2,23,28)/t22-/m1/s1. The molecular weight excluding hydrogens is 350 g/mol. The first-order chi connectivity index (χ1) is 13.6. The normalized spacial score (nSPS) is 22.6. The molecule has 1 aromatic heterocycles. The maximum absolute atomic E-state index is 11.4. The average Bonchev–Trinajstić information content (AvgIpc) is 3.12. The first-order valence-electron chi connectivity index (χ1n) is 10.3. The Morgan fingerprint density at radius 3 is 2.79 bits per heavy atom. The second-order valence-corrected chi connectivity index (χ2v) is 8.27. The fraction of sp³-hybridized carbons (Fsp3) is 0.500. The maximum atomic E-state index is 11.4. The van der Waals surface area contributed by atoms with Crippen LogP contribution in [-0.4, -0.2) is 53.5 Å². The Labute approximate surface area is 166 Å². The number of aryl methyl sites for hydroxylation is 1. The van der Waals surface area contributed by atoms with E-state index in [9.17, 15) is 4.79 Å². The van der Waals surface area contributed by atoms with Crippen molar-refractivity contribution in [2.24, 2.45) is 11.1 Å². The van der Waals surface area contributed by atoms with Gasteiger partial charge < -0.3 is 15.5 Å². The lowest BCUT2D eigenvalue weighted by Gasteiger charge is -2.40. The minimum atomic E-state index is -0.523. The van der Waals surface area contributed by atoms with Gasteiger partial charge in [-0.3, -0.25) is 9.78 Å². The van der Waals surface area contributed by atoms with Gasteiger partial charge in [0.2, 0.25) is 0 Å². The molecule has 1 atom stereocenters. The smallest absolute Gasteiger partial charge is 0.268 e. The summed E-state index contributed by atoms with van der Waals surface area (Å²) < 4.78 is 0. The van der Waals surface area contributed by atoms with Gasteiger partial charge in [0.25, 0.3) is 5.91 Å². The molecule has 0 aliphatic carbocycles. The summed E-state index contributed by atoms with van der Waals surface area (Å²) in [6.07, 6.45) is 9.22. The summed E-state index contributed by atoms with van der Waals surface area (Å²) in [6, 6.07) is 10.7. The van der Waals surface area contributed by atoms with E-state index in [-0.39, 0.29) is 5.69 Å². The molecule has 1 amide bonds. The number of benzene rings is 1. The fourth-order valence-electron chi connectivity index (χ4n) is 4.74. The number of piperidine rings is 1. The first kappa shape index (κ1) is 18.9. The molecule has 0 unspecified atom stereocenters. The van der Waals surface area contributed by atoms with Crippen LogP contribution in [0.15, 0.2) is 42.7 Å². The van der Waals surface area contributed by atoms with Gasteiger partial charge in [-0.15, -0.1) is 0 Å². The Balaban J connectivity index is 1.34. The number of primary amides is 1. The van der Waals surface area contributed by atoms with Crippen molar-refractivity contribution in [3.05, 3.63) is 54.0 Å². The molecule has 6 nitrogen and oxygen atoms in total. The van der Waals surface area contributed by atoms with Crippen molar-refractivity contribution in [3.63, 3.8) is 0 Å². The molecule has 2 aliphatic rings. The van der Waals surface area contributed by atoms with Crippen LogP contribution in [0.2, 0.25) is 0 Å².